The van der Waals surface area contributed by atoms with Crippen molar-refractivity contribution in [1.82, 2.24) is 0 Å². The molecule has 1 aliphatic heterocycles. The molecule has 0 aliphatic carbocycles. The Morgan fingerprint density at radius 2 is 1.87 bits per heavy atom. The molecule has 3 rings (SSSR count). The third-order valence-electron chi connectivity index (χ3n) is 3.84. The monoisotopic (exact) mass is 336 g/mol. The number of hydrogen-bond donors (Lipinski definition) is 1. The minimum atomic E-state index is -0.714. The van der Waals surface area contributed by atoms with Gasteiger partial charge in [-0.25, -0.2) is 8.78 Å². The molecule has 0 saturated carbocycles. The topological polar surface area (TPSA) is 32.3 Å². The van der Waals surface area contributed by atoms with Gasteiger partial charge in [0.1, 0.15) is 11.6 Å². The standard InChI is InChI=1S/C17H15ClF2N2O/c18-12-4-3-5-13(20)16(12)17(23)21-14-10-11(19)6-7-15(14)22-8-1-2-9-22/h3-7,10H,1-2,8-9H2,(H,21,23). The van der Waals surface area contributed by atoms with E-state index in [4.69, 9.17) is 11.6 Å². The number of anilines is 2. The smallest absolute Gasteiger partial charge is 0.260 e. The van der Waals surface area contributed by atoms with Gasteiger partial charge in [0.05, 0.1) is 22.0 Å². The number of carbonyl (C=O) groups excluding carboxylic acids is 1. The lowest BCUT2D eigenvalue weighted by Crippen LogP contribution is -2.22. The first-order valence-electron chi connectivity index (χ1n) is 7.36. The normalized spacial score (nSPS) is 14.1. The van der Waals surface area contributed by atoms with Crippen LogP contribution >= 0.6 is 11.6 Å². The van der Waals surface area contributed by atoms with Gasteiger partial charge < -0.3 is 10.2 Å². The Morgan fingerprint density at radius 1 is 1.13 bits per heavy atom. The van der Waals surface area contributed by atoms with Crippen LogP contribution in [0.2, 0.25) is 5.02 Å². The lowest BCUT2D eigenvalue weighted by atomic mass is 10.1. The van der Waals surface area contributed by atoms with Crippen LogP contribution in [0.1, 0.15) is 23.2 Å². The van der Waals surface area contributed by atoms with E-state index in [1.54, 1.807) is 6.07 Å². The highest BCUT2D eigenvalue weighted by atomic mass is 35.5. The van der Waals surface area contributed by atoms with Gasteiger partial charge in [-0.3, -0.25) is 4.79 Å². The van der Waals surface area contributed by atoms with Crippen LogP contribution in [-0.4, -0.2) is 19.0 Å². The second kappa shape index (κ2) is 6.54. The summed E-state index contributed by atoms with van der Waals surface area (Å²) in [6.45, 7) is 1.68. The third kappa shape index (κ3) is 3.29. The molecule has 1 saturated heterocycles. The molecule has 23 heavy (non-hydrogen) atoms. The van der Waals surface area contributed by atoms with Crippen LogP contribution < -0.4 is 10.2 Å². The molecule has 1 heterocycles. The van der Waals surface area contributed by atoms with Crippen LogP contribution in [-0.2, 0) is 0 Å². The molecule has 0 aromatic heterocycles. The molecule has 0 bridgehead atoms. The average Bonchev–Trinajstić information content (AvgIpc) is 3.01. The van der Waals surface area contributed by atoms with Gasteiger partial charge in [-0.2, -0.15) is 0 Å². The zero-order valence-electron chi connectivity index (χ0n) is 12.3. The SMILES string of the molecule is O=C(Nc1cc(F)ccc1N1CCCC1)c1c(F)cccc1Cl. The molecule has 0 unspecified atom stereocenters. The van der Waals surface area contributed by atoms with Crippen LogP contribution in [0.5, 0.6) is 0 Å². The van der Waals surface area contributed by atoms with Crippen molar-refractivity contribution in [2.24, 2.45) is 0 Å². The van der Waals surface area contributed by atoms with Crippen LogP contribution in [0, 0.1) is 11.6 Å². The Morgan fingerprint density at radius 3 is 2.57 bits per heavy atom. The summed E-state index contributed by atoms with van der Waals surface area (Å²) in [6, 6.07) is 8.23. The van der Waals surface area contributed by atoms with E-state index < -0.39 is 17.5 Å². The van der Waals surface area contributed by atoms with E-state index in [0.29, 0.717) is 5.69 Å². The first-order chi connectivity index (χ1) is 11.1. The summed E-state index contributed by atoms with van der Waals surface area (Å²) in [5.41, 5.74) is 0.798. The van der Waals surface area contributed by atoms with Gasteiger partial charge >= 0.3 is 0 Å². The zero-order chi connectivity index (χ0) is 16.4. The lowest BCUT2D eigenvalue weighted by Gasteiger charge is -2.21. The first kappa shape index (κ1) is 15.7. The molecule has 0 atom stereocenters. The maximum Gasteiger partial charge on any atom is 0.260 e. The highest BCUT2D eigenvalue weighted by Crippen LogP contribution is 2.31. The van der Waals surface area contributed by atoms with Crippen LogP contribution in [0.25, 0.3) is 0 Å². The van der Waals surface area contributed by atoms with Crippen LogP contribution in [0.15, 0.2) is 36.4 Å². The molecular formula is C17H15ClF2N2O. The molecule has 6 heteroatoms. The van der Waals surface area contributed by atoms with Crippen LogP contribution in [0.4, 0.5) is 20.2 Å². The number of benzene rings is 2. The highest BCUT2D eigenvalue weighted by Gasteiger charge is 2.20. The van der Waals surface area contributed by atoms with Gasteiger partial charge in [0, 0.05) is 13.1 Å². The molecule has 1 aliphatic rings. The fourth-order valence-electron chi connectivity index (χ4n) is 2.74. The molecular weight excluding hydrogens is 322 g/mol. The van der Waals surface area contributed by atoms with E-state index in [0.717, 1.165) is 37.7 Å². The molecule has 1 amide bonds. The Bertz CT molecular complexity index is 725. The van der Waals surface area contributed by atoms with Crippen molar-refractivity contribution in [2.45, 2.75) is 12.8 Å². The molecule has 120 valence electrons. The summed E-state index contributed by atoms with van der Waals surface area (Å²) in [4.78, 5) is 14.4. The highest BCUT2D eigenvalue weighted by molar-refractivity contribution is 6.34. The Hall–Kier alpha value is -2.14. The van der Waals surface area contributed by atoms with Gasteiger partial charge in [-0.1, -0.05) is 17.7 Å². The fourth-order valence-corrected chi connectivity index (χ4v) is 2.99. The van der Waals surface area contributed by atoms with Gasteiger partial charge in [0.25, 0.3) is 5.91 Å². The zero-order valence-corrected chi connectivity index (χ0v) is 13.0. The van der Waals surface area contributed by atoms with Crippen LogP contribution in [0.3, 0.4) is 0 Å². The van der Waals surface area contributed by atoms with Crippen molar-refractivity contribution in [1.29, 1.82) is 0 Å². The first-order valence-corrected chi connectivity index (χ1v) is 7.74. The predicted octanol–water partition coefficient (Wildman–Crippen LogP) is 4.47. The number of nitrogens with one attached hydrogen (secondary N) is 1. The van der Waals surface area contributed by atoms with E-state index in [1.807, 2.05) is 0 Å². The second-order valence-corrected chi connectivity index (χ2v) is 5.81. The molecule has 0 spiro atoms. The molecule has 0 radical (unpaired) electrons. The number of carbonyl (C=O) groups is 1. The van der Waals surface area contributed by atoms with Crippen molar-refractivity contribution >= 4 is 28.9 Å². The summed E-state index contributed by atoms with van der Waals surface area (Å²) < 4.78 is 27.4. The van der Waals surface area contributed by atoms with Crippen molar-refractivity contribution in [3.05, 3.63) is 58.6 Å². The lowest BCUT2D eigenvalue weighted by molar-refractivity contribution is 0.102. The maximum absolute atomic E-state index is 13.9. The number of rotatable bonds is 3. The number of amides is 1. The summed E-state index contributed by atoms with van der Waals surface area (Å²) in [7, 11) is 0. The van der Waals surface area contributed by atoms with E-state index in [2.05, 4.69) is 10.2 Å². The van der Waals surface area contributed by atoms with E-state index in [-0.39, 0.29) is 10.6 Å². The maximum atomic E-state index is 13.9. The molecule has 1 fully saturated rings. The number of nitrogens with zero attached hydrogens (tertiary/aromatic N) is 1. The summed E-state index contributed by atoms with van der Waals surface area (Å²) in [6.07, 6.45) is 2.09. The van der Waals surface area contributed by atoms with Gasteiger partial charge in [-0.15, -0.1) is 0 Å². The third-order valence-corrected chi connectivity index (χ3v) is 4.16. The number of hydrogen-bond acceptors (Lipinski definition) is 2. The minimum Gasteiger partial charge on any atom is -0.370 e. The fraction of sp³-hybridized carbons (Fsp3) is 0.235. The summed E-state index contributed by atoms with van der Waals surface area (Å²) >= 11 is 5.90. The Balaban J connectivity index is 1.93. The number of halogens is 3. The van der Waals surface area contributed by atoms with Gasteiger partial charge in [-0.05, 0) is 43.2 Å². The molecule has 2 aromatic rings. The van der Waals surface area contributed by atoms with Crippen molar-refractivity contribution < 1.29 is 13.6 Å². The quantitative estimate of drug-likeness (QED) is 0.896. The minimum absolute atomic E-state index is 0.0154. The van der Waals surface area contributed by atoms with E-state index in [9.17, 15) is 13.6 Å². The molecule has 3 nitrogen and oxygen atoms in total. The average molecular weight is 337 g/mol. The summed E-state index contributed by atoms with van der Waals surface area (Å²) in [5.74, 6) is -1.88. The largest absolute Gasteiger partial charge is 0.370 e. The van der Waals surface area contributed by atoms with Crippen molar-refractivity contribution in [2.75, 3.05) is 23.3 Å². The summed E-state index contributed by atoms with van der Waals surface area (Å²) in [5, 5.41) is 2.60. The van der Waals surface area contributed by atoms with Gasteiger partial charge in [0.2, 0.25) is 0 Å². The van der Waals surface area contributed by atoms with Gasteiger partial charge in [0.15, 0.2) is 0 Å². The van der Waals surface area contributed by atoms with E-state index in [1.165, 1.54) is 24.3 Å². The second-order valence-electron chi connectivity index (χ2n) is 5.41. The van der Waals surface area contributed by atoms with E-state index >= 15 is 0 Å². The molecule has 2 aromatic carbocycles. The Kier molecular flexibility index (Phi) is 4.48. The Labute approximate surface area is 137 Å². The van der Waals surface area contributed by atoms with Crippen molar-refractivity contribution in [3.8, 4) is 0 Å². The molecule has 1 N–H and O–H groups in total. The van der Waals surface area contributed by atoms with Crippen molar-refractivity contribution in [3.63, 3.8) is 0 Å². The predicted molar refractivity (Wildman–Crippen MR) is 87.2 cm³/mol.